The molecule has 0 saturated carbocycles. The molecule has 2 heterocycles. The zero-order chi connectivity index (χ0) is 12.3. The summed E-state index contributed by atoms with van der Waals surface area (Å²) >= 11 is 0. The van der Waals surface area contributed by atoms with Gasteiger partial charge in [0.15, 0.2) is 0 Å². The van der Waals surface area contributed by atoms with Gasteiger partial charge in [0.2, 0.25) is 0 Å². The summed E-state index contributed by atoms with van der Waals surface area (Å²) < 4.78 is 2.34. The molecule has 0 saturated heterocycles. The molecule has 1 aliphatic heterocycles. The Bertz CT molecular complexity index is 345. The second-order valence-corrected chi connectivity index (χ2v) is 5.05. The molecule has 0 bridgehead atoms. The molecule has 1 aromatic heterocycles. The first kappa shape index (κ1) is 12.6. The van der Waals surface area contributed by atoms with Gasteiger partial charge in [-0.25, -0.2) is 0 Å². The summed E-state index contributed by atoms with van der Waals surface area (Å²) in [7, 11) is 0. The summed E-state index contributed by atoms with van der Waals surface area (Å²) in [4.78, 5) is 0. The third kappa shape index (κ3) is 2.51. The van der Waals surface area contributed by atoms with Crippen LogP contribution in [0.25, 0.3) is 0 Å². The SMILES string of the molecule is CCCC(C)c1nnc2n1CCNC2CCC. The van der Waals surface area contributed by atoms with Crippen LogP contribution in [-0.2, 0) is 6.54 Å². The van der Waals surface area contributed by atoms with E-state index in [-0.39, 0.29) is 0 Å². The van der Waals surface area contributed by atoms with E-state index in [9.17, 15) is 0 Å². The number of rotatable bonds is 5. The molecular weight excluding hydrogens is 212 g/mol. The quantitative estimate of drug-likeness (QED) is 0.854. The van der Waals surface area contributed by atoms with Crippen molar-refractivity contribution in [3.63, 3.8) is 0 Å². The van der Waals surface area contributed by atoms with E-state index in [0.717, 1.165) is 25.3 Å². The van der Waals surface area contributed by atoms with Crippen molar-refractivity contribution < 1.29 is 0 Å². The first-order chi connectivity index (χ1) is 8.27. The highest BCUT2D eigenvalue weighted by Crippen LogP contribution is 2.25. The monoisotopic (exact) mass is 236 g/mol. The van der Waals surface area contributed by atoms with Gasteiger partial charge in [0.25, 0.3) is 0 Å². The number of fused-ring (bicyclic) bond motifs is 1. The maximum atomic E-state index is 4.42. The van der Waals surface area contributed by atoms with Gasteiger partial charge in [-0.05, 0) is 12.8 Å². The van der Waals surface area contributed by atoms with E-state index in [2.05, 4.69) is 40.9 Å². The summed E-state index contributed by atoms with van der Waals surface area (Å²) in [5.74, 6) is 2.86. The Balaban J connectivity index is 2.21. The van der Waals surface area contributed by atoms with Crippen molar-refractivity contribution in [2.45, 2.75) is 65.0 Å². The summed E-state index contributed by atoms with van der Waals surface area (Å²) in [6, 6.07) is 0.406. The zero-order valence-electron chi connectivity index (χ0n) is 11.2. The highest BCUT2D eigenvalue weighted by atomic mass is 15.3. The van der Waals surface area contributed by atoms with Gasteiger partial charge >= 0.3 is 0 Å². The Hall–Kier alpha value is -0.900. The molecule has 4 nitrogen and oxygen atoms in total. The minimum Gasteiger partial charge on any atom is -0.312 e. The van der Waals surface area contributed by atoms with Gasteiger partial charge in [0.05, 0.1) is 6.04 Å². The Labute approximate surface area is 104 Å². The van der Waals surface area contributed by atoms with E-state index in [1.807, 2.05) is 0 Å². The summed E-state index contributed by atoms with van der Waals surface area (Å²) in [6.45, 7) is 8.77. The predicted molar refractivity (Wildman–Crippen MR) is 69.0 cm³/mol. The van der Waals surface area contributed by atoms with E-state index >= 15 is 0 Å². The van der Waals surface area contributed by atoms with E-state index in [0.29, 0.717) is 12.0 Å². The first-order valence-corrected chi connectivity index (χ1v) is 6.94. The van der Waals surface area contributed by atoms with Gasteiger partial charge in [-0.15, -0.1) is 10.2 Å². The van der Waals surface area contributed by atoms with Crippen molar-refractivity contribution in [1.82, 2.24) is 20.1 Å². The molecule has 96 valence electrons. The second-order valence-electron chi connectivity index (χ2n) is 5.05. The lowest BCUT2D eigenvalue weighted by Crippen LogP contribution is -2.34. The molecule has 2 rings (SSSR count). The third-order valence-corrected chi connectivity index (χ3v) is 3.59. The lowest BCUT2D eigenvalue weighted by atomic mass is 10.0. The molecule has 1 aliphatic rings. The highest BCUT2D eigenvalue weighted by molar-refractivity contribution is 5.07. The molecule has 2 unspecified atom stereocenters. The van der Waals surface area contributed by atoms with Crippen LogP contribution in [0.1, 0.15) is 70.1 Å². The summed E-state index contributed by atoms with van der Waals surface area (Å²) in [6.07, 6.45) is 4.74. The lowest BCUT2D eigenvalue weighted by Gasteiger charge is -2.25. The standard InChI is InChI=1S/C13H24N4/c1-4-6-10(3)12-15-16-13-11(7-5-2)14-8-9-17(12)13/h10-11,14H,4-9H2,1-3H3. The fourth-order valence-electron chi connectivity index (χ4n) is 2.70. The van der Waals surface area contributed by atoms with Gasteiger partial charge in [0, 0.05) is 19.0 Å². The Kier molecular flexibility index (Phi) is 4.15. The third-order valence-electron chi connectivity index (χ3n) is 3.59. The van der Waals surface area contributed by atoms with Crippen LogP contribution in [0.4, 0.5) is 0 Å². The second kappa shape index (κ2) is 5.63. The maximum Gasteiger partial charge on any atom is 0.150 e. The fraction of sp³-hybridized carbons (Fsp3) is 0.846. The van der Waals surface area contributed by atoms with E-state index in [1.54, 1.807) is 0 Å². The highest BCUT2D eigenvalue weighted by Gasteiger charge is 2.25. The average molecular weight is 236 g/mol. The molecule has 0 amide bonds. The van der Waals surface area contributed by atoms with Crippen LogP contribution < -0.4 is 5.32 Å². The molecule has 0 radical (unpaired) electrons. The topological polar surface area (TPSA) is 42.7 Å². The maximum absolute atomic E-state index is 4.42. The molecule has 1 N–H and O–H groups in total. The van der Waals surface area contributed by atoms with Crippen LogP contribution in [0.5, 0.6) is 0 Å². The molecule has 2 atom stereocenters. The van der Waals surface area contributed by atoms with Crippen molar-refractivity contribution in [3.05, 3.63) is 11.6 Å². The number of hydrogen-bond donors (Lipinski definition) is 1. The van der Waals surface area contributed by atoms with Crippen LogP contribution in [-0.4, -0.2) is 21.3 Å². The van der Waals surface area contributed by atoms with Crippen LogP contribution in [0.2, 0.25) is 0 Å². The summed E-state index contributed by atoms with van der Waals surface area (Å²) in [5, 5.41) is 12.4. The van der Waals surface area contributed by atoms with Crippen LogP contribution in [0.3, 0.4) is 0 Å². The number of aromatic nitrogens is 3. The van der Waals surface area contributed by atoms with Crippen LogP contribution in [0, 0.1) is 0 Å². The minimum absolute atomic E-state index is 0.406. The fourth-order valence-corrected chi connectivity index (χ4v) is 2.70. The molecule has 1 aromatic rings. The Morgan fingerprint density at radius 2 is 2.18 bits per heavy atom. The first-order valence-electron chi connectivity index (χ1n) is 6.94. The molecule has 0 spiro atoms. The van der Waals surface area contributed by atoms with Crippen molar-refractivity contribution >= 4 is 0 Å². The largest absolute Gasteiger partial charge is 0.312 e. The van der Waals surface area contributed by atoms with Gasteiger partial charge in [0.1, 0.15) is 11.6 Å². The summed E-state index contributed by atoms with van der Waals surface area (Å²) in [5.41, 5.74) is 0. The smallest absolute Gasteiger partial charge is 0.150 e. The van der Waals surface area contributed by atoms with Crippen molar-refractivity contribution in [2.75, 3.05) is 6.54 Å². The number of hydrogen-bond acceptors (Lipinski definition) is 3. The average Bonchev–Trinajstić information content (AvgIpc) is 2.74. The van der Waals surface area contributed by atoms with Gasteiger partial charge < -0.3 is 9.88 Å². The number of nitrogens with one attached hydrogen (secondary N) is 1. The van der Waals surface area contributed by atoms with Gasteiger partial charge in [-0.1, -0.05) is 33.6 Å². The van der Waals surface area contributed by atoms with E-state index in [4.69, 9.17) is 0 Å². The molecule has 0 aliphatic carbocycles. The van der Waals surface area contributed by atoms with Crippen LogP contribution in [0.15, 0.2) is 0 Å². The predicted octanol–water partition coefficient (Wildman–Crippen LogP) is 2.63. The Morgan fingerprint density at radius 3 is 2.88 bits per heavy atom. The zero-order valence-corrected chi connectivity index (χ0v) is 11.2. The lowest BCUT2D eigenvalue weighted by molar-refractivity contribution is 0.383. The van der Waals surface area contributed by atoms with E-state index < -0.39 is 0 Å². The normalized spacial score (nSPS) is 21.2. The molecule has 4 heteroatoms. The van der Waals surface area contributed by atoms with Crippen LogP contribution >= 0.6 is 0 Å². The van der Waals surface area contributed by atoms with Gasteiger partial charge in [-0.3, -0.25) is 0 Å². The molecule has 17 heavy (non-hydrogen) atoms. The molecule has 0 fully saturated rings. The Morgan fingerprint density at radius 1 is 1.35 bits per heavy atom. The minimum atomic E-state index is 0.406. The molecule has 0 aromatic carbocycles. The van der Waals surface area contributed by atoms with Crippen molar-refractivity contribution in [3.8, 4) is 0 Å². The van der Waals surface area contributed by atoms with E-state index in [1.165, 1.54) is 25.1 Å². The van der Waals surface area contributed by atoms with Crippen molar-refractivity contribution in [2.24, 2.45) is 0 Å². The van der Waals surface area contributed by atoms with Crippen molar-refractivity contribution in [1.29, 1.82) is 0 Å². The van der Waals surface area contributed by atoms with Gasteiger partial charge in [-0.2, -0.15) is 0 Å². The molecular formula is C13H24N4. The number of nitrogens with zero attached hydrogens (tertiary/aromatic N) is 3.